The summed E-state index contributed by atoms with van der Waals surface area (Å²) in [6.07, 6.45) is 13.4. The van der Waals surface area contributed by atoms with Crippen molar-refractivity contribution in [3.8, 4) is 0 Å². The molecule has 60 heavy (non-hydrogen) atoms. The predicted octanol–water partition coefficient (Wildman–Crippen LogP) is 10.8. The Kier molecular flexibility index (Phi) is 58.6. The molecule has 2 aliphatic heterocycles. The Morgan fingerprint density at radius 1 is 0.667 bits per heavy atom. The van der Waals surface area contributed by atoms with E-state index in [0.717, 1.165) is 12.8 Å². The second-order valence-corrected chi connectivity index (χ2v) is 20.7. The molecule has 0 bridgehead atoms. The van der Waals surface area contributed by atoms with E-state index in [9.17, 15) is 9.59 Å². The smallest absolute Gasteiger partial charge is 0.498 e. The SMILES string of the molecule is C.C=CCC.C=CCCC.C=CCOC.C=CCOC(=O)OC.C=CCOC(=O)OCC=C.C=COCC1COC(=C)O1.C=C[Si]1(C)O[Si](C)(C=C)O[Si](C)(C=C)O1.C=O. The zero-order chi connectivity index (χ0) is 47.0. The van der Waals surface area contributed by atoms with Gasteiger partial charge in [0.2, 0.25) is 0 Å². The fourth-order valence-electron chi connectivity index (χ4n) is 3.02. The summed E-state index contributed by atoms with van der Waals surface area (Å²) in [5.41, 5.74) is 5.37. The molecule has 1 atom stereocenters. The first kappa shape index (κ1) is 69.8. The van der Waals surface area contributed by atoms with E-state index in [2.05, 4.69) is 110 Å². The van der Waals surface area contributed by atoms with Crippen LogP contribution < -0.4 is 0 Å². The van der Waals surface area contributed by atoms with Gasteiger partial charge in [-0.05, 0) is 39.1 Å². The number of allylic oxidation sites excluding steroid dienone is 2. The van der Waals surface area contributed by atoms with Crippen molar-refractivity contribution in [2.45, 2.75) is 66.3 Å². The Bertz CT molecular complexity index is 1120. The summed E-state index contributed by atoms with van der Waals surface area (Å²) in [7, 11) is -4.01. The summed E-state index contributed by atoms with van der Waals surface area (Å²) < 4.78 is 54.7. The van der Waals surface area contributed by atoms with Crippen LogP contribution in [0.5, 0.6) is 0 Å². The fourth-order valence-corrected chi connectivity index (χ4v) is 16.3. The molecule has 17 heteroatoms. The van der Waals surface area contributed by atoms with Crippen molar-refractivity contribution in [1.82, 2.24) is 0 Å². The molecule has 0 saturated carbocycles. The van der Waals surface area contributed by atoms with Gasteiger partial charge in [-0.25, -0.2) is 9.59 Å². The van der Waals surface area contributed by atoms with Crippen molar-refractivity contribution in [2.24, 2.45) is 0 Å². The highest BCUT2D eigenvalue weighted by Crippen LogP contribution is 2.31. The third kappa shape index (κ3) is 49.4. The predicted molar refractivity (Wildman–Crippen MR) is 253 cm³/mol. The van der Waals surface area contributed by atoms with Gasteiger partial charge in [0.1, 0.15) is 39.8 Å². The van der Waals surface area contributed by atoms with E-state index in [1.54, 1.807) is 30.3 Å². The van der Waals surface area contributed by atoms with E-state index >= 15 is 0 Å². The molecule has 1 unspecified atom stereocenters. The molecule has 0 aromatic rings. The molecule has 2 saturated heterocycles. The standard InChI is InChI=1S/C9H18O3Si3.2C7H10O3.C5H8O3.C5H10.C4H8O.C4H8.CH2O.CH4/c1-7-13(4)10-14(5,8-2)12-15(6,9-3)11-13;1-3-8-4-7-5-9-6(2)10-7;1-3-5-9-7(8)10-6-4-2;1-3-4-8-5(6)7-2;1-3-5-4-2;1-3-4-5-2;1-3-4-2;1-2;/h7-9H,1-3H2,4-6H3;3,7H,1-2,4-5H2;3-4H,1-2,5-6H2;3H,1,4H2,2H3;3H,1,4-5H2,2H3;3H,1,4H2,2H3;3H,1,4H2,2H3;1H2;1H4. The Labute approximate surface area is 366 Å². The van der Waals surface area contributed by atoms with E-state index in [4.69, 9.17) is 31.4 Å². The number of hydrogen-bond donors (Lipinski definition) is 0. The first-order chi connectivity index (χ1) is 28.0. The summed E-state index contributed by atoms with van der Waals surface area (Å²) in [6, 6.07) is 0. The molecule has 0 amide bonds. The van der Waals surface area contributed by atoms with Crippen molar-refractivity contribution in [3.05, 3.63) is 138 Å². The Morgan fingerprint density at radius 3 is 1.25 bits per heavy atom. The molecule has 0 spiro atoms. The summed E-state index contributed by atoms with van der Waals surface area (Å²) in [5.74, 6) is 0.373. The van der Waals surface area contributed by atoms with Crippen molar-refractivity contribution >= 4 is 44.8 Å². The molecular formula is C43H78O14Si3. The lowest BCUT2D eigenvalue weighted by Crippen LogP contribution is -2.65. The highest BCUT2D eigenvalue weighted by molar-refractivity contribution is 6.98. The van der Waals surface area contributed by atoms with Crippen molar-refractivity contribution in [3.63, 3.8) is 0 Å². The summed E-state index contributed by atoms with van der Waals surface area (Å²) in [5, 5.41) is 0. The van der Waals surface area contributed by atoms with Gasteiger partial charge in [-0.15, -0.1) is 39.5 Å². The minimum absolute atomic E-state index is 0. The van der Waals surface area contributed by atoms with Gasteiger partial charge in [-0.2, -0.15) is 0 Å². The normalized spacial score (nSPS) is 19.4. The molecule has 2 rings (SSSR count). The number of rotatable bonds is 17. The second-order valence-electron chi connectivity index (χ2n) is 10.9. The van der Waals surface area contributed by atoms with Crippen molar-refractivity contribution in [1.29, 1.82) is 0 Å². The lowest BCUT2D eigenvalue weighted by molar-refractivity contribution is -0.0980. The Balaban J connectivity index is -0.000000113. The van der Waals surface area contributed by atoms with E-state index in [1.807, 2.05) is 38.6 Å². The van der Waals surface area contributed by atoms with Gasteiger partial charge in [0.05, 0.1) is 20.0 Å². The Morgan fingerprint density at radius 2 is 1.05 bits per heavy atom. The van der Waals surface area contributed by atoms with Gasteiger partial charge in [-0.1, -0.05) is 108 Å². The number of hydrogen-bond acceptors (Lipinski definition) is 14. The van der Waals surface area contributed by atoms with Gasteiger partial charge in [0.25, 0.3) is 5.95 Å². The van der Waals surface area contributed by atoms with Crippen LogP contribution in [0.1, 0.15) is 40.5 Å². The van der Waals surface area contributed by atoms with Crippen molar-refractivity contribution in [2.75, 3.05) is 53.9 Å². The summed E-state index contributed by atoms with van der Waals surface area (Å²) >= 11 is 0. The zero-order valence-corrected chi connectivity index (χ0v) is 39.9. The molecule has 0 radical (unpaired) electrons. The highest BCUT2D eigenvalue weighted by atomic mass is 28.5. The minimum Gasteiger partial charge on any atom is -0.498 e. The number of unbranched alkanes of at least 4 members (excludes halogenated alkanes) is 1. The third-order valence-electron chi connectivity index (χ3n) is 5.65. The maximum Gasteiger partial charge on any atom is 0.508 e. The highest BCUT2D eigenvalue weighted by Gasteiger charge is 2.53. The lowest BCUT2D eigenvalue weighted by Gasteiger charge is -2.46. The molecule has 346 valence electrons. The average molecular weight is 903 g/mol. The Hall–Kier alpha value is -4.76. The summed E-state index contributed by atoms with van der Waals surface area (Å²) in [6.45, 7) is 53.1. The maximum absolute atomic E-state index is 10.4. The van der Waals surface area contributed by atoms with E-state index in [-0.39, 0.29) is 33.4 Å². The first-order valence-corrected chi connectivity index (χ1v) is 25.3. The van der Waals surface area contributed by atoms with Crippen LogP contribution in [0.4, 0.5) is 9.59 Å². The molecular weight excluding hydrogens is 825 g/mol. The topological polar surface area (TPSA) is 153 Å². The molecule has 2 fully saturated rings. The van der Waals surface area contributed by atoms with Crippen LogP contribution in [-0.2, 0) is 55.0 Å². The molecule has 0 N–H and O–H groups in total. The van der Waals surface area contributed by atoms with Crippen LogP contribution in [-0.4, -0.2) is 105 Å². The van der Waals surface area contributed by atoms with Crippen LogP contribution in [0, 0.1) is 0 Å². The van der Waals surface area contributed by atoms with Gasteiger partial charge >= 0.3 is 38.0 Å². The lowest BCUT2D eigenvalue weighted by atomic mass is 10.3. The van der Waals surface area contributed by atoms with Crippen LogP contribution >= 0.6 is 0 Å². The molecule has 2 heterocycles. The maximum atomic E-state index is 10.4. The van der Waals surface area contributed by atoms with Gasteiger partial charge in [0.15, 0.2) is 6.10 Å². The van der Waals surface area contributed by atoms with Gasteiger partial charge in [-0.3, -0.25) is 0 Å². The molecule has 14 nitrogen and oxygen atoms in total. The van der Waals surface area contributed by atoms with Crippen LogP contribution in [0.15, 0.2) is 138 Å². The largest absolute Gasteiger partial charge is 0.508 e. The van der Waals surface area contributed by atoms with Gasteiger partial charge in [0, 0.05) is 7.11 Å². The van der Waals surface area contributed by atoms with E-state index in [1.165, 1.54) is 38.0 Å². The summed E-state index contributed by atoms with van der Waals surface area (Å²) in [4.78, 5) is 28.5. The van der Waals surface area contributed by atoms with Crippen LogP contribution in [0.3, 0.4) is 0 Å². The fraction of sp³-hybridized carbons (Fsp3) is 0.419. The zero-order valence-electron chi connectivity index (χ0n) is 36.9. The van der Waals surface area contributed by atoms with E-state index in [0.29, 0.717) is 25.8 Å². The van der Waals surface area contributed by atoms with Crippen molar-refractivity contribution < 1.29 is 64.6 Å². The number of carbonyl (C=O) groups is 3. The quantitative estimate of drug-likeness (QED) is 0.0589. The average Bonchev–Trinajstić information content (AvgIpc) is 3.67. The molecule has 0 aliphatic carbocycles. The minimum atomic E-state index is -2.30. The number of methoxy groups -OCH3 is 2. The van der Waals surface area contributed by atoms with Crippen LogP contribution in [0.2, 0.25) is 19.6 Å². The number of carbonyl (C=O) groups excluding carboxylic acids is 3. The second kappa shape index (κ2) is 50.4. The van der Waals surface area contributed by atoms with Gasteiger partial charge < -0.3 is 55.0 Å². The first-order valence-electron chi connectivity index (χ1n) is 18.1. The molecule has 0 aromatic carbocycles. The van der Waals surface area contributed by atoms with E-state index < -0.39 is 38.0 Å². The monoisotopic (exact) mass is 902 g/mol. The number of ether oxygens (including phenoxy) is 8. The third-order valence-corrected chi connectivity index (χ3v) is 17.6. The van der Waals surface area contributed by atoms with Crippen LogP contribution in [0.25, 0.3) is 0 Å². The molecule has 0 aromatic heterocycles. The molecule has 2 aliphatic rings.